The van der Waals surface area contributed by atoms with Gasteiger partial charge in [-0.25, -0.2) is 4.68 Å². The van der Waals surface area contributed by atoms with Crippen LogP contribution in [0, 0.1) is 0 Å². The number of benzene rings is 1. The van der Waals surface area contributed by atoms with Gasteiger partial charge in [-0.2, -0.15) is 5.10 Å². The highest BCUT2D eigenvalue weighted by atomic mass is 16.5. The molecule has 1 atom stereocenters. The summed E-state index contributed by atoms with van der Waals surface area (Å²) in [6.07, 6.45) is 2.86. The highest BCUT2D eigenvalue weighted by Crippen LogP contribution is 2.26. The standard InChI is InChI=1S/C21H28N4O3/c1-15(2)28-16(3)21(27)24-13-10-18(11-14-24)25-19(9-12-22-25)23-20(26)17-7-5-4-6-8-17/h4-9,12,15-16,18H,10-11,13-14H2,1-3H3,(H,23,26)/t16-/m1/s1. The number of ether oxygens (including phenoxy) is 1. The highest BCUT2D eigenvalue weighted by Gasteiger charge is 2.28. The lowest BCUT2D eigenvalue weighted by atomic mass is 10.0. The molecule has 7 nitrogen and oxygen atoms in total. The summed E-state index contributed by atoms with van der Waals surface area (Å²) in [5.41, 5.74) is 0.606. The molecule has 1 aliphatic heterocycles. The first-order valence-corrected chi connectivity index (χ1v) is 9.80. The number of anilines is 1. The molecule has 1 aliphatic rings. The minimum Gasteiger partial charge on any atom is -0.366 e. The lowest BCUT2D eigenvalue weighted by molar-refractivity contribution is -0.146. The van der Waals surface area contributed by atoms with E-state index in [9.17, 15) is 9.59 Å². The van der Waals surface area contributed by atoms with E-state index in [1.54, 1.807) is 31.3 Å². The lowest BCUT2D eigenvalue weighted by Crippen LogP contribution is -2.44. The molecule has 1 N–H and O–H groups in total. The number of piperidine rings is 1. The Morgan fingerprint density at radius 1 is 1.11 bits per heavy atom. The van der Waals surface area contributed by atoms with Crippen LogP contribution in [0.1, 0.15) is 50.0 Å². The largest absolute Gasteiger partial charge is 0.366 e. The van der Waals surface area contributed by atoms with Gasteiger partial charge in [-0.3, -0.25) is 9.59 Å². The fourth-order valence-electron chi connectivity index (χ4n) is 3.54. The van der Waals surface area contributed by atoms with E-state index in [0.29, 0.717) is 24.5 Å². The van der Waals surface area contributed by atoms with Crippen LogP contribution in [0.5, 0.6) is 0 Å². The zero-order valence-electron chi connectivity index (χ0n) is 16.7. The Labute approximate surface area is 165 Å². The molecule has 0 radical (unpaired) electrons. The quantitative estimate of drug-likeness (QED) is 0.830. The maximum absolute atomic E-state index is 12.5. The number of hydrogen-bond donors (Lipinski definition) is 1. The molecular weight excluding hydrogens is 356 g/mol. The number of rotatable bonds is 6. The molecule has 1 fully saturated rings. The van der Waals surface area contributed by atoms with Gasteiger partial charge in [0.25, 0.3) is 11.8 Å². The van der Waals surface area contributed by atoms with Crippen LogP contribution in [0.15, 0.2) is 42.6 Å². The summed E-state index contributed by atoms with van der Waals surface area (Å²) in [4.78, 5) is 26.8. The van der Waals surface area contributed by atoms with Gasteiger partial charge in [0.15, 0.2) is 0 Å². The first kappa shape index (κ1) is 20.1. The van der Waals surface area contributed by atoms with E-state index in [1.165, 1.54) is 0 Å². The summed E-state index contributed by atoms with van der Waals surface area (Å²) < 4.78 is 7.47. The molecule has 0 saturated carbocycles. The predicted octanol–water partition coefficient (Wildman–Crippen LogP) is 3.11. The third-order valence-electron chi connectivity index (χ3n) is 4.89. The van der Waals surface area contributed by atoms with Crippen molar-refractivity contribution in [2.24, 2.45) is 0 Å². The van der Waals surface area contributed by atoms with Gasteiger partial charge in [-0.15, -0.1) is 0 Å². The van der Waals surface area contributed by atoms with Crippen molar-refractivity contribution in [3.8, 4) is 0 Å². The van der Waals surface area contributed by atoms with Gasteiger partial charge in [-0.1, -0.05) is 18.2 Å². The van der Waals surface area contributed by atoms with Crippen LogP contribution in [0.4, 0.5) is 5.82 Å². The summed E-state index contributed by atoms with van der Waals surface area (Å²) in [5.74, 6) is 0.551. The molecule has 0 bridgehead atoms. The molecule has 1 aromatic heterocycles. The van der Waals surface area contributed by atoms with Crippen molar-refractivity contribution in [3.05, 3.63) is 48.2 Å². The molecule has 7 heteroatoms. The SMILES string of the molecule is CC(C)O[C@H](C)C(=O)N1CCC(n2nccc2NC(=O)c2ccccc2)CC1. The number of amides is 2. The van der Waals surface area contributed by atoms with Gasteiger partial charge in [0.05, 0.1) is 18.3 Å². The predicted molar refractivity (Wildman–Crippen MR) is 107 cm³/mol. The smallest absolute Gasteiger partial charge is 0.256 e. The van der Waals surface area contributed by atoms with Crippen LogP contribution >= 0.6 is 0 Å². The number of nitrogens with one attached hydrogen (secondary N) is 1. The van der Waals surface area contributed by atoms with Crippen LogP contribution < -0.4 is 5.32 Å². The molecule has 1 aromatic carbocycles. The maximum Gasteiger partial charge on any atom is 0.256 e. The van der Waals surface area contributed by atoms with Crippen molar-refractivity contribution >= 4 is 17.6 Å². The van der Waals surface area contributed by atoms with Crippen LogP contribution in [-0.4, -0.2) is 51.8 Å². The minimum atomic E-state index is -0.429. The fraction of sp³-hybridized carbons (Fsp3) is 0.476. The Balaban J connectivity index is 1.59. The molecular formula is C21H28N4O3. The first-order valence-electron chi connectivity index (χ1n) is 9.80. The van der Waals surface area contributed by atoms with Gasteiger partial charge in [-0.05, 0) is 45.7 Å². The monoisotopic (exact) mass is 384 g/mol. The van der Waals surface area contributed by atoms with Crippen molar-refractivity contribution < 1.29 is 14.3 Å². The molecule has 0 spiro atoms. The third kappa shape index (κ3) is 4.78. The van der Waals surface area contributed by atoms with Crippen LogP contribution in [-0.2, 0) is 9.53 Å². The lowest BCUT2D eigenvalue weighted by Gasteiger charge is -2.34. The van der Waals surface area contributed by atoms with E-state index in [2.05, 4.69) is 10.4 Å². The number of likely N-dealkylation sites (tertiary alicyclic amines) is 1. The van der Waals surface area contributed by atoms with Gasteiger partial charge in [0, 0.05) is 24.7 Å². The molecule has 2 amide bonds. The zero-order valence-corrected chi connectivity index (χ0v) is 16.7. The molecule has 0 unspecified atom stereocenters. The summed E-state index contributed by atoms with van der Waals surface area (Å²) in [6.45, 7) is 6.97. The Hall–Kier alpha value is -2.67. The number of nitrogens with zero attached hydrogens (tertiary/aromatic N) is 3. The minimum absolute atomic E-state index is 0.0244. The molecule has 2 aromatic rings. The van der Waals surface area contributed by atoms with Gasteiger partial charge in [0.2, 0.25) is 0 Å². The van der Waals surface area contributed by atoms with E-state index in [1.807, 2.05) is 41.6 Å². The molecule has 1 saturated heterocycles. The average molecular weight is 384 g/mol. The second kappa shape index (κ2) is 9.01. The summed E-state index contributed by atoms with van der Waals surface area (Å²) in [5, 5.41) is 7.34. The molecule has 0 aliphatic carbocycles. The number of carbonyl (C=O) groups excluding carboxylic acids is 2. The third-order valence-corrected chi connectivity index (χ3v) is 4.89. The van der Waals surface area contributed by atoms with Crippen molar-refractivity contribution in [2.75, 3.05) is 18.4 Å². The summed E-state index contributed by atoms with van der Waals surface area (Å²) in [6, 6.07) is 11.1. The molecule has 2 heterocycles. The first-order chi connectivity index (χ1) is 13.5. The van der Waals surface area contributed by atoms with Crippen LogP contribution in [0.25, 0.3) is 0 Å². The van der Waals surface area contributed by atoms with Gasteiger partial charge < -0.3 is 15.0 Å². The Bertz CT molecular complexity index is 795. The molecule has 150 valence electrons. The van der Waals surface area contributed by atoms with Gasteiger partial charge >= 0.3 is 0 Å². The Morgan fingerprint density at radius 3 is 2.43 bits per heavy atom. The van der Waals surface area contributed by atoms with E-state index < -0.39 is 6.10 Å². The zero-order chi connectivity index (χ0) is 20.1. The fourth-order valence-corrected chi connectivity index (χ4v) is 3.54. The molecule has 28 heavy (non-hydrogen) atoms. The van der Waals surface area contributed by atoms with Crippen LogP contribution in [0.2, 0.25) is 0 Å². The maximum atomic E-state index is 12.5. The Morgan fingerprint density at radius 2 is 1.79 bits per heavy atom. The van der Waals surface area contributed by atoms with Crippen molar-refractivity contribution in [3.63, 3.8) is 0 Å². The van der Waals surface area contributed by atoms with Crippen molar-refractivity contribution in [2.45, 2.75) is 51.9 Å². The van der Waals surface area contributed by atoms with Crippen LogP contribution in [0.3, 0.4) is 0 Å². The molecule has 3 rings (SSSR count). The van der Waals surface area contributed by atoms with E-state index in [4.69, 9.17) is 4.74 Å². The van der Waals surface area contributed by atoms with E-state index in [0.717, 1.165) is 12.8 Å². The van der Waals surface area contributed by atoms with Gasteiger partial charge in [0.1, 0.15) is 11.9 Å². The highest BCUT2D eigenvalue weighted by molar-refractivity contribution is 6.03. The normalized spacial score (nSPS) is 16.2. The average Bonchev–Trinajstić information content (AvgIpc) is 3.15. The Kier molecular flexibility index (Phi) is 6.46. The topological polar surface area (TPSA) is 76.5 Å². The van der Waals surface area contributed by atoms with Crippen molar-refractivity contribution in [1.29, 1.82) is 0 Å². The van der Waals surface area contributed by atoms with E-state index in [-0.39, 0.29) is 24.0 Å². The summed E-state index contributed by atoms with van der Waals surface area (Å²) >= 11 is 0. The number of aromatic nitrogens is 2. The number of hydrogen-bond acceptors (Lipinski definition) is 4. The second-order valence-electron chi connectivity index (χ2n) is 7.36. The number of carbonyl (C=O) groups is 2. The van der Waals surface area contributed by atoms with E-state index >= 15 is 0 Å². The van der Waals surface area contributed by atoms with Crippen molar-refractivity contribution in [1.82, 2.24) is 14.7 Å². The second-order valence-corrected chi connectivity index (χ2v) is 7.36. The summed E-state index contributed by atoms with van der Waals surface area (Å²) in [7, 11) is 0.